The van der Waals surface area contributed by atoms with E-state index in [9.17, 15) is 9.00 Å². The number of Topliss-reactive ketones (excluding diaryl/α,β-unsaturated/α-hetero) is 1. The Hall–Kier alpha value is -5.25. The van der Waals surface area contributed by atoms with E-state index in [0.29, 0.717) is 32.5 Å². The molecule has 0 fully saturated rings. The van der Waals surface area contributed by atoms with Crippen LogP contribution in [0.4, 0.5) is 5.69 Å². The van der Waals surface area contributed by atoms with E-state index >= 15 is 0 Å². The van der Waals surface area contributed by atoms with Crippen LogP contribution in [0.1, 0.15) is 43.0 Å². The van der Waals surface area contributed by atoms with E-state index in [-0.39, 0.29) is 18.8 Å². The number of thiazole rings is 1. The van der Waals surface area contributed by atoms with Crippen LogP contribution in [0.3, 0.4) is 0 Å². The number of nitrogen functional groups attached to an aromatic ring is 1. The lowest BCUT2D eigenvalue weighted by Gasteiger charge is -2.09. The number of hydrogen-bond donors (Lipinski definition) is 2. The molecule has 7 nitrogen and oxygen atoms in total. The number of ketones is 1. The van der Waals surface area contributed by atoms with Crippen LogP contribution in [0, 0.1) is 0 Å². The Bertz CT molecular complexity index is 2110. The minimum absolute atomic E-state index is 0.0169. The molecule has 1 atom stereocenters. The predicted molar refractivity (Wildman–Crippen MR) is 199 cm³/mol. The van der Waals surface area contributed by atoms with Gasteiger partial charge in [0.05, 0.1) is 16.5 Å². The number of nitrogens with zero attached hydrogens (tertiary/aromatic N) is 3. The molecule has 0 spiro atoms. The number of pyridine rings is 1. The molecule has 1 aromatic carbocycles. The van der Waals surface area contributed by atoms with Gasteiger partial charge in [0.25, 0.3) is 0 Å². The molecule has 0 amide bonds. The van der Waals surface area contributed by atoms with E-state index in [1.165, 1.54) is 22.7 Å². The number of nitrogens with two attached hydrogens (primary N) is 1. The van der Waals surface area contributed by atoms with Gasteiger partial charge in [-0.3, -0.25) is 9.00 Å². The number of rotatable bonds is 10. The molecule has 4 aromatic rings. The highest BCUT2D eigenvalue weighted by atomic mass is 32.2. The fourth-order valence-electron chi connectivity index (χ4n) is 3.85. The normalized spacial score (nSPS) is 9.65. The molecule has 4 rings (SSSR count). The number of unbranched alkanes of at least 4 members (excludes halogenated alkanes) is 1. The second kappa shape index (κ2) is 22.3. The first kappa shape index (κ1) is 38.9. The Morgan fingerprint density at radius 1 is 1.04 bits per heavy atom. The van der Waals surface area contributed by atoms with Crippen molar-refractivity contribution in [3.05, 3.63) is 119 Å². The zero-order valence-electron chi connectivity index (χ0n) is 26.8. The molecule has 10 heteroatoms. The summed E-state index contributed by atoms with van der Waals surface area (Å²) >= 11 is 2.87. The lowest BCUT2D eigenvalue weighted by Crippen LogP contribution is -2.01. The van der Waals surface area contributed by atoms with Crippen molar-refractivity contribution in [3.63, 3.8) is 0 Å². The third-order valence-electron chi connectivity index (χ3n) is 5.95. The average molecular weight is 691 g/mol. The van der Waals surface area contributed by atoms with Gasteiger partial charge in [-0.25, -0.2) is 15.0 Å². The molecule has 1 unspecified atom stereocenters. The van der Waals surface area contributed by atoms with Crippen molar-refractivity contribution >= 4 is 61.0 Å². The molecule has 242 valence electrons. The average Bonchev–Trinajstić information content (AvgIpc) is 3.77. The van der Waals surface area contributed by atoms with E-state index < -0.39 is 10.8 Å². The summed E-state index contributed by atoms with van der Waals surface area (Å²) in [5, 5.41) is 12.5. The maximum absolute atomic E-state index is 12.9. The van der Waals surface area contributed by atoms with Gasteiger partial charge in [-0.15, -0.1) is 22.7 Å². The Kier molecular flexibility index (Phi) is 18.1. The van der Waals surface area contributed by atoms with Gasteiger partial charge in [-0.1, -0.05) is 48.7 Å². The van der Waals surface area contributed by atoms with Crippen molar-refractivity contribution in [2.24, 2.45) is 4.99 Å². The van der Waals surface area contributed by atoms with E-state index in [4.69, 9.17) is 15.8 Å². The largest absolute Gasteiger partial charge is 0.396 e. The van der Waals surface area contributed by atoms with Crippen LogP contribution >= 0.6 is 22.7 Å². The number of aliphatic hydroxyl groups is 1. The number of fused-ring (bicyclic) bond motifs is 1. The Morgan fingerprint density at radius 3 is 2.35 bits per heavy atom. The molecule has 0 aliphatic carbocycles. The Labute approximate surface area is 291 Å². The van der Waals surface area contributed by atoms with Crippen LogP contribution in [0.15, 0.2) is 122 Å². The molecule has 0 bridgehead atoms. The molecule has 0 aliphatic heterocycles. The van der Waals surface area contributed by atoms with Crippen molar-refractivity contribution in [1.82, 2.24) is 9.97 Å². The number of aliphatic imine (C=N–C) groups is 1. The predicted octanol–water partition coefficient (Wildman–Crippen LogP) is 8.20. The van der Waals surface area contributed by atoms with Gasteiger partial charge in [-0.2, -0.15) is 0 Å². The molecule has 3 aromatic heterocycles. The Morgan fingerprint density at radius 2 is 1.75 bits per heavy atom. The summed E-state index contributed by atoms with van der Waals surface area (Å²) in [6.45, 7) is 11.8. The maximum atomic E-state index is 12.9. The first-order valence-corrected chi connectivity index (χ1v) is 17.5. The molecular weight excluding hydrogens is 657 g/mol. The summed E-state index contributed by atoms with van der Waals surface area (Å²) in [5.41, 5.74) is 31.8. The lowest BCUT2D eigenvalue weighted by molar-refractivity contribution is 0.0971. The number of thiophene rings is 1. The van der Waals surface area contributed by atoms with Crippen LogP contribution in [0.2, 0.25) is 0 Å². The van der Waals surface area contributed by atoms with Crippen molar-refractivity contribution < 1.29 is 14.1 Å². The van der Waals surface area contributed by atoms with E-state index in [0.717, 1.165) is 40.1 Å². The first-order valence-electron chi connectivity index (χ1n) is 14.5. The highest BCUT2D eigenvalue weighted by Crippen LogP contribution is 2.43. The fraction of sp³-hybridized carbons (Fsp3) is 0.211. The topological polar surface area (TPSA) is 119 Å². The molecule has 0 saturated heterocycles. The van der Waals surface area contributed by atoms with E-state index in [1.807, 2.05) is 29.6 Å². The van der Waals surface area contributed by atoms with Crippen LogP contribution in [0.25, 0.3) is 32.0 Å². The summed E-state index contributed by atoms with van der Waals surface area (Å²) in [6.07, 6.45) is 4.28. The summed E-state index contributed by atoms with van der Waals surface area (Å²) in [4.78, 5) is 26.0. The van der Waals surface area contributed by atoms with Crippen LogP contribution in [0.5, 0.6) is 0 Å². The van der Waals surface area contributed by atoms with Gasteiger partial charge in [0, 0.05) is 65.7 Å². The van der Waals surface area contributed by atoms with Gasteiger partial charge in [0.15, 0.2) is 5.78 Å². The molecular formula is C38H34N4O3S3. The molecule has 0 aliphatic rings. The van der Waals surface area contributed by atoms with Gasteiger partial charge in [-0.05, 0) is 78.8 Å². The number of benzene rings is 1. The van der Waals surface area contributed by atoms with Gasteiger partial charge < -0.3 is 10.8 Å². The minimum atomic E-state index is -1.19. The quantitative estimate of drug-likeness (QED) is 0.0984. The fourth-order valence-corrected chi connectivity index (χ4v) is 7.24. The summed E-state index contributed by atoms with van der Waals surface area (Å²) < 4.78 is 13.6. The third kappa shape index (κ3) is 12.2. The maximum Gasteiger partial charge on any atom is 0.162 e. The van der Waals surface area contributed by atoms with Crippen LogP contribution in [-0.2, 0) is 10.8 Å². The molecule has 0 saturated carbocycles. The number of carbonyl (C=O) groups excluding carboxylic acids is 1. The summed E-state index contributed by atoms with van der Waals surface area (Å²) in [7, 11) is 0.415. The van der Waals surface area contributed by atoms with Crippen molar-refractivity contribution in [2.75, 3.05) is 25.1 Å². The summed E-state index contributed by atoms with van der Waals surface area (Å²) in [6, 6.07) is 9.37. The van der Waals surface area contributed by atoms with Crippen molar-refractivity contribution in [2.45, 2.75) is 36.8 Å². The second-order valence-electron chi connectivity index (χ2n) is 9.23. The SMILES string of the molecule is C=C=C=C=C=C=C.C=C=C=C=C=C=NC.CCCCS(=O)c1sc2nc(-c3nccs3)cc(-c3cccc(C(=O)CCCO)c3)c2c1N. The number of aliphatic hydroxyl groups excluding tert-OH is 1. The molecule has 3 heterocycles. The zero-order chi connectivity index (χ0) is 35.1. The molecule has 0 radical (unpaired) electrons. The van der Waals surface area contributed by atoms with Crippen LogP contribution in [-0.4, -0.2) is 50.3 Å². The Balaban J connectivity index is 0.000000444. The van der Waals surface area contributed by atoms with Gasteiger partial charge in [0.2, 0.25) is 0 Å². The van der Waals surface area contributed by atoms with Gasteiger partial charge >= 0.3 is 0 Å². The van der Waals surface area contributed by atoms with E-state index in [1.54, 1.807) is 19.3 Å². The monoisotopic (exact) mass is 690 g/mol. The molecule has 3 N–H and O–H groups in total. The van der Waals surface area contributed by atoms with Crippen molar-refractivity contribution in [3.8, 4) is 21.8 Å². The standard InChI is InChI=1S/C24H25N3O3S3.C7H5N.C7H4/c1-2-3-12-33(30)24-21(25)20-17(14-18(27-23(20)32-24)22-26-9-11-31-22)15-6-4-7-16(13-15)19(29)8-5-10-28;1-3-4-5-6-7-8-2;1-3-5-7-6-4-2/h4,6-7,9,11,13-14,28H,2-3,5,8,10,12,25H2,1H3;1H2,2H3;1-2H2. The number of anilines is 1. The second-order valence-corrected chi connectivity index (χ2v) is 12.9. The zero-order valence-corrected chi connectivity index (χ0v) is 29.3. The van der Waals surface area contributed by atoms with Crippen molar-refractivity contribution in [1.29, 1.82) is 0 Å². The van der Waals surface area contributed by atoms with Gasteiger partial charge in [0.1, 0.15) is 19.7 Å². The number of aromatic nitrogens is 2. The van der Waals surface area contributed by atoms with Crippen LogP contribution < -0.4 is 5.73 Å². The first-order chi connectivity index (χ1) is 23.4. The summed E-state index contributed by atoms with van der Waals surface area (Å²) in [5.74, 6) is 2.97. The highest BCUT2D eigenvalue weighted by molar-refractivity contribution is 7.87. The van der Waals surface area contributed by atoms with E-state index in [2.05, 4.69) is 94.1 Å². The number of carbonyl (C=O) groups is 1. The molecule has 48 heavy (non-hydrogen) atoms. The third-order valence-corrected chi connectivity index (χ3v) is 9.74. The highest BCUT2D eigenvalue weighted by Gasteiger charge is 2.21. The minimum Gasteiger partial charge on any atom is -0.396 e. The smallest absolute Gasteiger partial charge is 0.162 e. The number of hydrogen-bond acceptors (Lipinski definition) is 9. The lowest BCUT2D eigenvalue weighted by atomic mass is 9.97.